The highest BCUT2D eigenvalue weighted by Crippen LogP contribution is 2.34. The van der Waals surface area contributed by atoms with Gasteiger partial charge in [0.15, 0.2) is 0 Å². The summed E-state index contributed by atoms with van der Waals surface area (Å²) in [6.45, 7) is 5.71. The SMILES string of the molecule is CN1CCN(C(=O)CCN2CCC[C@@H]2[C@H]2CCCC[C@H]2O)CC1. The number of hydrogen-bond acceptors (Lipinski definition) is 4. The molecule has 0 aromatic carbocycles. The van der Waals surface area contributed by atoms with Gasteiger partial charge in [-0.3, -0.25) is 9.69 Å². The summed E-state index contributed by atoms with van der Waals surface area (Å²) < 4.78 is 0. The second-order valence-corrected chi connectivity index (χ2v) is 7.70. The van der Waals surface area contributed by atoms with E-state index in [4.69, 9.17) is 0 Å². The summed E-state index contributed by atoms with van der Waals surface area (Å²) in [5.41, 5.74) is 0. The molecule has 0 unspecified atom stereocenters. The Morgan fingerprint density at radius 3 is 2.48 bits per heavy atom. The van der Waals surface area contributed by atoms with E-state index in [1.54, 1.807) is 0 Å². The maximum Gasteiger partial charge on any atom is 0.223 e. The Labute approximate surface area is 140 Å². The number of likely N-dealkylation sites (N-methyl/N-ethyl adjacent to an activating group) is 1. The van der Waals surface area contributed by atoms with E-state index in [0.717, 1.165) is 52.1 Å². The van der Waals surface area contributed by atoms with Gasteiger partial charge in [0.25, 0.3) is 0 Å². The summed E-state index contributed by atoms with van der Waals surface area (Å²) in [7, 11) is 2.12. The molecule has 0 radical (unpaired) electrons. The lowest BCUT2D eigenvalue weighted by molar-refractivity contribution is -0.133. The van der Waals surface area contributed by atoms with Crippen molar-refractivity contribution in [1.82, 2.24) is 14.7 Å². The third kappa shape index (κ3) is 4.25. The van der Waals surface area contributed by atoms with Crippen LogP contribution in [0, 0.1) is 5.92 Å². The summed E-state index contributed by atoms with van der Waals surface area (Å²) in [4.78, 5) is 19.2. The Bertz CT molecular complexity index is 396. The number of aliphatic hydroxyl groups is 1. The quantitative estimate of drug-likeness (QED) is 0.844. The fraction of sp³-hybridized carbons (Fsp3) is 0.944. The van der Waals surface area contributed by atoms with E-state index in [1.807, 2.05) is 4.90 Å². The summed E-state index contributed by atoms with van der Waals surface area (Å²) in [6, 6.07) is 0.505. The van der Waals surface area contributed by atoms with Crippen molar-refractivity contribution in [1.29, 1.82) is 0 Å². The van der Waals surface area contributed by atoms with Crippen LogP contribution >= 0.6 is 0 Å². The third-order valence-electron chi connectivity index (χ3n) is 6.16. The van der Waals surface area contributed by atoms with Crippen molar-refractivity contribution in [2.24, 2.45) is 5.92 Å². The lowest BCUT2D eigenvalue weighted by Gasteiger charge is -2.37. The summed E-state index contributed by atoms with van der Waals surface area (Å²) in [5, 5.41) is 10.3. The van der Waals surface area contributed by atoms with Gasteiger partial charge < -0.3 is 14.9 Å². The van der Waals surface area contributed by atoms with Gasteiger partial charge >= 0.3 is 0 Å². The molecule has 1 N–H and O–H groups in total. The lowest BCUT2D eigenvalue weighted by Crippen LogP contribution is -2.48. The van der Waals surface area contributed by atoms with E-state index in [1.165, 1.54) is 25.7 Å². The highest BCUT2D eigenvalue weighted by atomic mass is 16.3. The molecule has 1 saturated carbocycles. The Hall–Kier alpha value is -0.650. The normalized spacial score (nSPS) is 34.0. The minimum absolute atomic E-state index is 0.123. The smallest absolute Gasteiger partial charge is 0.223 e. The van der Waals surface area contributed by atoms with Crippen LogP contribution in [0.15, 0.2) is 0 Å². The number of likely N-dealkylation sites (tertiary alicyclic amines) is 1. The summed E-state index contributed by atoms with van der Waals surface area (Å²) >= 11 is 0. The first-order valence-electron chi connectivity index (χ1n) is 9.53. The zero-order valence-corrected chi connectivity index (χ0v) is 14.6. The van der Waals surface area contributed by atoms with Gasteiger partial charge in [-0.15, -0.1) is 0 Å². The van der Waals surface area contributed by atoms with Crippen molar-refractivity contribution >= 4 is 5.91 Å². The highest BCUT2D eigenvalue weighted by molar-refractivity contribution is 5.76. The van der Waals surface area contributed by atoms with Gasteiger partial charge in [-0.25, -0.2) is 0 Å². The second kappa shape index (κ2) is 7.95. The molecule has 0 aromatic heterocycles. The van der Waals surface area contributed by atoms with Crippen molar-refractivity contribution in [2.75, 3.05) is 46.3 Å². The third-order valence-corrected chi connectivity index (χ3v) is 6.16. The van der Waals surface area contributed by atoms with E-state index in [0.29, 0.717) is 24.3 Å². The van der Waals surface area contributed by atoms with Crippen LogP contribution in [0.1, 0.15) is 44.9 Å². The average Bonchev–Trinajstić information content (AvgIpc) is 3.02. The average molecular weight is 323 g/mol. The van der Waals surface area contributed by atoms with Crippen LogP contribution in [0.25, 0.3) is 0 Å². The van der Waals surface area contributed by atoms with Gasteiger partial charge in [-0.1, -0.05) is 12.8 Å². The molecule has 2 saturated heterocycles. The first-order valence-corrected chi connectivity index (χ1v) is 9.53. The van der Waals surface area contributed by atoms with Crippen LogP contribution in [0.5, 0.6) is 0 Å². The molecule has 3 rings (SSSR count). The van der Waals surface area contributed by atoms with Gasteiger partial charge in [0.2, 0.25) is 5.91 Å². The minimum Gasteiger partial charge on any atom is -0.393 e. The molecule has 1 amide bonds. The van der Waals surface area contributed by atoms with Crippen LogP contribution in [0.4, 0.5) is 0 Å². The molecule has 3 aliphatic rings. The Morgan fingerprint density at radius 1 is 1.00 bits per heavy atom. The number of carbonyl (C=O) groups excluding carboxylic acids is 1. The van der Waals surface area contributed by atoms with Gasteiger partial charge in [0.05, 0.1) is 6.10 Å². The van der Waals surface area contributed by atoms with Crippen molar-refractivity contribution in [2.45, 2.75) is 57.1 Å². The predicted octanol–water partition coefficient (Wildman–Crippen LogP) is 1.17. The van der Waals surface area contributed by atoms with Gasteiger partial charge in [-0.2, -0.15) is 0 Å². The van der Waals surface area contributed by atoms with Crippen molar-refractivity contribution < 1.29 is 9.90 Å². The molecule has 1 aliphatic carbocycles. The van der Waals surface area contributed by atoms with E-state index >= 15 is 0 Å². The van der Waals surface area contributed by atoms with E-state index in [-0.39, 0.29) is 6.10 Å². The standard InChI is InChI=1S/C18H33N3O2/c1-19-11-13-21(14-12-19)18(23)8-10-20-9-4-6-16(20)15-5-2-3-7-17(15)22/h15-17,22H,2-14H2,1H3/t15-,16-,17-/m1/s1. The molecule has 5 nitrogen and oxygen atoms in total. The topological polar surface area (TPSA) is 47.0 Å². The second-order valence-electron chi connectivity index (χ2n) is 7.70. The van der Waals surface area contributed by atoms with Crippen LogP contribution in [-0.4, -0.2) is 84.2 Å². The number of hydrogen-bond donors (Lipinski definition) is 1. The minimum atomic E-state index is -0.123. The van der Waals surface area contributed by atoms with E-state index in [9.17, 15) is 9.90 Å². The van der Waals surface area contributed by atoms with Crippen LogP contribution in [-0.2, 0) is 4.79 Å². The molecule has 132 valence electrons. The van der Waals surface area contributed by atoms with Gasteiger partial charge in [-0.05, 0) is 39.3 Å². The fourth-order valence-corrected chi connectivity index (χ4v) is 4.66. The van der Waals surface area contributed by atoms with Crippen molar-refractivity contribution in [3.05, 3.63) is 0 Å². The first kappa shape index (κ1) is 17.2. The number of amides is 1. The molecule has 5 heteroatoms. The summed E-state index contributed by atoms with van der Waals surface area (Å²) in [5.74, 6) is 0.748. The van der Waals surface area contributed by atoms with E-state index < -0.39 is 0 Å². The zero-order chi connectivity index (χ0) is 16.2. The Morgan fingerprint density at radius 2 is 1.74 bits per heavy atom. The predicted molar refractivity (Wildman–Crippen MR) is 91.3 cm³/mol. The van der Waals surface area contributed by atoms with Crippen LogP contribution in [0.3, 0.4) is 0 Å². The molecular formula is C18H33N3O2. The Kier molecular flexibility index (Phi) is 5.94. The van der Waals surface area contributed by atoms with Crippen molar-refractivity contribution in [3.8, 4) is 0 Å². The molecule has 3 atom stereocenters. The van der Waals surface area contributed by atoms with Crippen LogP contribution < -0.4 is 0 Å². The van der Waals surface area contributed by atoms with Crippen molar-refractivity contribution in [3.63, 3.8) is 0 Å². The molecule has 2 heterocycles. The summed E-state index contributed by atoms with van der Waals surface area (Å²) in [6.07, 6.45) is 7.50. The van der Waals surface area contributed by atoms with Gasteiger partial charge in [0.1, 0.15) is 0 Å². The maximum atomic E-state index is 12.4. The van der Waals surface area contributed by atoms with Gasteiger partial charge in [0, 0.05) is 51.1 Å². The number of carbonyl (C=O) groups is 1. The molecule has 2 aliphatic heterocycles. The highest BCUT2D eigenvalue weighted by Gasteiger charge is 2.36. The molecule has 23 heavy (non-hydrogen) atoms. The van der Waals surface area contributed by atoms with E-state index in [2.05, 4.69) is 16.8 Å². The Balaban J connectivity index is 1.48. The molecule has 0 aromatic rings. The molecule has 0 bridgehead atoms. The number of aliphatic hydroxyl groups excluding tert-OH is 1. The molecule has 3 fully saturated rings. The van der Waals surface area contributed by atoms with Crippen LogP contribution in [0.2, 0.25) is 0 Å². The maximum absolute atomic E-state index is 12.4. The molecular weight excluding hydrogens is 290 g/mol. The fourth-order valence-electron chi connectivity index (χ4n) is 4.66. The number of piperazine rings is 1. The zero-order valence-electron chi connectivity index (χ0n) is 14.6. The molecule has 0 spiro atoms. The number of rotatable bonds is 4. The number of nitrogens with zero attached hydrogens (tertiary/aromatic N) is 3. The monoisotopic (exact) mass is 323 g/mol. The largest absolute Gasteiger partial charge is 0.393 e. The lowest BCUT2D eigenvalue weighted by atomic mass is 9.80. The first-order chi connectivity index (χ1) is 11.1.